The van der Waals surface area contributed by atoms with Crippen molar-refractivity contribution in [3.8, 4) is 0 Å². The van der Waals surface area contributed by atoms with E-state index in [1.54, 1.807) is 12.4 Å². The molecule has 0 saturated heterocycles. The molecule has 1 aromatic carbocycles. The topological polar surface area (TPSA) is 58.0 Å². The molecule has 0 radical (unpaired) electrons. The molecule has 0 saturated carbocycles. The average molecular weight is 203 g/mol. The zero-order valence-electron chi connectivity index (χ0n) is 8.60. The number of benzene rings is 1. The maximum Gasteiger partial charge on any atom is 0.0960 e. The average Bonchev–Trinajstić information content (AvgIpc) is 2.59. The largest absolute Gasteiger partial charge is 0.545 e. The lowest BCUT2D eigenvalue weighted by Gasteiger charge is -2.08. The number of aromatic carboxylic acids is 1. The molecule has 2 aromatic rings. The molecule has 2 rings (SSSR count). The molecule has 0 spiro atoms. The summed E-state index contributed by atoms with van der Waals surface area (Å²) < 4.78 is 1.99. The number of carbonyl (C=O) groups is 1. The summed E-state index contributed by atoms with van der Waals surface area (Å²) in [6, 6.07) is 5.14. The summed E-state index contributed by atoms with van der Waals surface area (Å²) in [6.07, 6.45) is 1.72. The second-order valence-corrected chi connectivity index (χ2v) is 3.74. The van der Waals surface area contributed by atoms with E-state index in [2.05, 4.69) is 4.98 Å². The molecule has 0 aliphatic carbocycles. The normalized spacial score (nSPS) is 11.1. The highest BCUT2D eigenvalue weighted by Gasteiger charge is 2.05. The van der Waals surface area contributed by atoms with Gasteiger partial charge in [0.15, 0.2) is 0 Å². The van der Waals surface area contributed by atoms with Crippen LogP contribution in [0.2, 0.25) is 0 Å². The minimum atomic E-state index is -1.17. The predicted molar refractivity (Wildman–Crippen MR) is 54.4 cm³/mol. The SMILES string of the molecule is CC(C)n1cnc2cc(C(=O)[O-])ccc21. The first-order chi connectivity index (χ1) is 7.09. The van der Waals surface area contributed by atoms with E-state index in [0.29, 0.717) is 11.6 Å². The maximum absolute atomic E-state index is 10.6. The zero-order chi connectivity index (χ0) is 11.0. The van der Waals surface area contributed by atoms with Gasteiger partial charge in [0.2, 0.25) is 0 Å². The Balaban J connectivity index is 2.61. The third-order valence-corrected chi connectivity index (χ3v) is 2.37. The molecule has 0 aliphatic heterocycles. The summed E-state index contributed by atoms with van der Waals surface area (Å²) in [5, 5.41) is 10.6. The van der Waals surface area contributed by atoms with Crippen molar-refractivity contribution >= 4 is 17.0 Å². The molecule has 0 amide bonds. The van der Waals surface area contributed by atoms with Crippen molar-refractivity contribution in [2.24, 2.45) is 0 Å². The van der Waals surface area contributed by atoms with Crippen LogP contribution in [0.15, 0.2) is 24.5 Å². The summed E-state index contributed by atoms with van der Waals surface area (Å²) in [6.45, 7) is 4.10. The van der Waals surface area contributed by atoms with Gasteiger partial charge in [-0.15, -0.1) is 0 Å². The number of carboxylic acids is 1. The summed E-state index contributed by atoms with van der Waals surface area (Å²) in [5.74, 6) is -1.17. The summed E-state index contributed by atoms with van der Waals surface area (Å²) in [5.41, 5.74) is 1.79. The third kappa shape index (κ3) is 1.58. The molecular weight excluding hydrogens is 192 g/mol. The highest BCUT2D eigenvalue weighted by molar-refractivity contribution is 5.91. The minimum absolute atomic E-state index is 0.163. The van der Waals surface area contributed by atoms with Crippen LogP contribution in [0.5, 0.6) is 0 Å². The molecule has 0 unspecified atom stereocenters. The third-order valence-electron chi connectivity index (χ3n) is 2.37. The fraction of sp³-hybridized carbons (Fsp3) is 0.273. The molecule has 15 heavy (non-hydrogen) atoms. The Hall–Kier alpha value is -1.84. The van der Waals surface area contributed by atoms with Gasteiger partial charge in [0.25, 0.3) is 0 Å². The number of aromatic nitrogens is 2. The summed E-state index contributed by atoms with van der Waals surface area (Å²) >= 11 is 0. The Morgan fingerprint density at radius 2 is 2.20 bits per heavy atom. The lowest BCUT2D eigenvalue weighted by atomic mass is 10.2. The zero-order valence-corrected chi connectivity index (χ0v) is 8.60. The van der Waals surface area contributed by atoms with Crippen molar-refractivity contribution < 1.29 is 9.90 Å². The predicted octanol–water partition coefficient (Wildman–Crippen LogP) is 0.981. The van der Waals surface area contributed by atoms with E-state index in [-0.39, 0.29) is 5.56 Å². The molecular formula is C11H11N2O2-. The first-order valence-electron chi connectivity index (χ1n) is 4.77. The first kappa shape index (κ1) is 9.71. The molecule has 0 aliphatic rings. The van der Waals surface area contributed by atoms with Gasteiger partial charge in [0.1, 0.15) is 0 Å². The van der Waals surface area contributed by atoms with Crippen LogP contribution in [0, 0.1) is 0 Å². The smallest absolute Gasteiger partial charge is 0.0960 e. The Labute approximate surface area is 87.2 Å². The van der Waals surface area contributed by atoms with E-state index in [9.17, 15) is 9.90 Å². The van der Waals surface area contributed by atoms with E-state index in [1.807, 2.05) is 18.4 Å². The van der Waals surface area contributed by atoms with Crippen LogP contribution < -0.4 is 5.11 Å². The number of fused-ring (bicyclic) bond motifs is 1. The van der Waals surface area contributed by atoms with Crippen LogP contribution >= 0.6 is 0 Å². The van der Waals surface area contributed by atoms with Crippen molar-refractivity contribution in [3.05, 3.63) is 30.1 Å². The van der Waals surface area contributed by atoms with E-state index in [0.717, 1.165) is 5.52 Å². The molecule has 4 heteroatoms. The second kappa shape index (κ2) is 3.38. The van der Waals surface area contributed by atoms with Crippen LogP contribution in [-0.4, -0.2) is 15.5 Å². The Morgan fingerprint density at radius 3 is 2.80 bits per heavy atom. The van der Waals surface area contributed by atoms with Gasteiger partial charge < -0.3 is 14.5 Å². The molecule has 0 N–H and O–H groups in total. The van der Waals surface area contributed by atoms with Crippen LogP contribution in [0.4, 0.5) is 0 Å². The molecule has 1 heterocycles. The van der Waals surface area contributed by atoms with Gasteiger partial charge in [-0.2, -0.15) is 0 Å². The number of nitrogens with zero attached hydrogens (tertiary/aromatic N) is 2. The summed E-state index contributed by atoms with van der Waals surface area (Å²) in [7, 11) is 0. The first-order valence-corrected chi connectivity index (χ1v) is 4.77. The van der Waals surface area contributed by atoms with Crippen molar-refractivity contribution in [2.45, 2.75) is 19.9 Å². The molecule has 0 bridgehead atoms. The Kier molecular flexibility index (Phi) is 2.19. The Bertz CT molecular complexity index is 514. The molecule has 4 nitrogen and oxygen atoms in total. The number of imidazole rings is 1. The highest BCUT2D eigenvalue weighted by atomic mass is 16.4. The molecule has 78 valence electrons. The standard InChI is InChI=1S/C11H12N2O2/c1-7(2)13-6-12-9-5-8(11(14)15)3-4-10(9)13/h3-7H,1-2H3,(H,14,15)/p-1. The van der Waals surface area contributed by atoms with Crippen molar-refractivity contribution in [2.75, 3.05) is 0 Å². The van der Waals surface area contributed by atoms with Gasteiger partial charge in [-0.3, -0.25) is 0 Å². The number of hydrogen-bond acceptors (Lipinski definition) is 3. The van der Waals surface area contributed by atoms with Gasteiger partial charge in [0.05, 0.1) is 23.3 Å². The van der Waals surface area contributed by atoms with Gasteiger partial charge in [0, 0.05) is 6.04 Å². The fourth-order valence-corrected chi connectivity index (χ4v) is 1.57. The molecule has 0 atom stereocenters. The molecule has 0 fully saturated rings. The Morgan fingerprint density at radius 1 is 1.47 bits per heavy atom. The van der Waals surface area contributed by atoms with Crippen LogP contribution in [0.3, 0.4) is 0 Å². The fourth-order valence-electron chi connectivity index (χ4n) is 1.57. The van der Waals surface area contributed by atoms with Crippen LogP contribution in [-0.2, 0) is 0 Å². The van der Waals surface area contributed by atoms with Gasteiger partial charge in [-0.25, -0.2) is 4.98 Å². The maximum atomic E-state index is 10.6. The van der Waals surface area contributed by atoms with E-state index >= 15 is 0 Å². The van der Waals surface area contributed by atoms with E-state index < -0.39 is 5.97 Å². The van der Waals surface area contributed by atoms with Gasteiger partial charge in [-0.05, 0) is 31.5 Å². The number of carboxylic acid groups (broad SMARTS) is 1. The quantitative estimate of drug-likeness (QED) is 0.731. The monoisotopic (exact) mass is 203 g/mol. The van der Waals surface area contributed by atoms with Crippen molar-refractivity contribution in [1.29, 1.82) is 0 Å². The molecule has 1 aromatic heterocycles. The minimum Gasteiger partial charge on any atom is -0.545 e. The van der Waals surface area contributed by atoms with Crippen molar-refractivity contribution in [3.63, 3.8) is 0 Å². The van der Waals surface area contributed by atoms with Gasteiger partial charge >= 0.3 is 0 Å². The van der Waals surface area contributed by atoms with E-state index in [1.165, 1.54) is 12.1 Å². The summed E-state index contributed by atoms with van der Waals surface area (Å²) in [4.78, 5) is 14.8. The number of carbonyl (C=O) groups excluding carboxylic acids is 1. The van der Waals surface area contributed by atoms with Gasteiger partial charge in [-0.1, -0.05) is 6.07 Å². The highest BCUT2D eigenvalue weighted by Crippen LogP contribution is 2.18. The van der Waals surface area contributed by atoms with Crippen molar-refractivity contribution in [1.82, 2.24) is 9.55 Å². The number of hydrogen-bond donors (Lipinski definition) is 0. The van der Waals surface area contributed by atoms with E-state index in [4.69, 9.17) is 0 Å². The number of rotatable bonds is 2. The van der Waals surface area contributed by atoms with Crippen LogP contribution in [0.1, 0.15) is 30.2 Å². The lowest BCUT2D eigenvalue weighted by molar-refractivity contribution is -0.255. The lowest BCUT2D eigenvalue weighted by Crippen LogP contribution is -2.22. The second-order valence-electron chi connectivity index (χ2n) is 3.74. The van der Waals surface area contributed by atoms with Crippen LogP contribution in [0.25, 0.3) is 11.0 Å².